The first-order chi connectivity index (χ1) is 8.31. The molecule has 3 nitrogen and oxygen atoms in total. The van der Waals surface area contributed by atoms with Gasteiger partial charge in [-0.3, -0.25) is 4.79 Å². The number of benzene rings is 1. The number of fused-ring (bicyclic) bond motifs is 1. The van der Waals surface area contributed by atoms with Gasteiger partial charge >= 0.3 is 5.97 Å². The number of hydrogen-bond donors (Lipinski definition) is 1. The molecule has 0 fully saturated rings. The summed E-state index contributed by atoms with van der Waals surface area (Å²) in [5.74, 6) is -0.793. The van der Waals surface area contributed by atoms with Gasteiger partial charge in [0.2, 0.25) is 0 Å². The van der Waals surface area contributed by atoms with E-state index in [9.17, 15) is 4.79 Å². The monoisotopic (exact) mass is 265 g/mol. The molecule has 0 atom stereocenters. The first-order valence-electron chi connectivity index (χ1n) is 5.78. The van der Waals surface area contributed by atoms with E-state index < -0.39 is 11.4 Å². The zero-order valence-electron chi connectivity index (χ0n) is 10.7. The van der Waals surface area contributed by atoms with Gasteiger partial charge in [0.1, 0.15) is 0 Å². The SMILES string of the molecule is Cn1cc(C(C)(C)CC(=O)O)c2cc(Cl)ccc21. The van der Waals surface area contributed by atoms with Crippen LogP contribution in [0.1, 0.15) is 25.8 Å². The van der Waals surface area contributed by atoms with Gasteiger partial charge in [-0.25, -0.2) is 0 Å². The Morgan fingerprint density at radius 2 is 2.11 bits per heavy atom. The molecule has 4 heteroatoms. The van der Waals surface area contributed by atoms with Crippen molar-refractivity contribution in [2.45, 2.75) is 25.7 Å². The Morgan fingerprint density at radius 3 is 2.72 bits per heavy atom. The van der Waals surface area contributed by atoms with Crippen LogP contribution in [0, 0.1) is 0 Å². The lowest BCUT2D eigenvalue weighted by Gasteiger charge is -2.22. The zero-order chi connectivity index (χ0) is 13.5. The number of halogens is 1. The molecule has 96 valence electrons. The summed E-state index contributed by atoms with van der Waals surface area (Å²) < 4.78 is 2.00. The molecule has 1 N–H and O–H groups in total. The number of hydrogen-bond acceptors (Lipinski definition) is 1. The van der Waals surface area contributed by atoms with E-state index >= 15 is 0 Å². The van der Waals surface area contributed by atoms with Crippen molar-refractivity contribution in [1.29, 1.82) is 0 Å². The van der Waals surface area contributed by atoms with Gasteiger partial charge in [-0.1, -0.05) is 25.4 Å². The van der Waals surface area contributed by atoms with E-state index in [4.69, 9.17) is 16.7 Å². The zero-order valence-corrected chi connectivity index (χ0v) is 11.5. The van der Waals surface area contributed by atoms with E-state index in [2.05, 4.69) is 0 Å². The van der Waals surface area contributed by atoms with Crippen molar-refractivity contribution in [1.82, 2.24) is 4.57 Å². The Bertz CT molecular complexity index is 614. The number of rotatable bonds is 3. The fourth-order valence-electron chi connectivity index (χ4n) is 2.38. The second-order valence-corrected chi connectivity index (χ2v) is 5.71. The molecule has 0 saturated carbocycles. The summed E-state index contributed by atoms with van der Waals surface area (Å²) in [6.07, 6.45) is 2.09. The number of carboxylic acid groups (broad SMARTS) is 1. The van der Waals surface area contributed by atoms with Crippen LogP contribution in [0.4, 0.5) is 0 Å². The Kier molecular flexibility index (Phi) is 3.11. The van der Waals surface area contributed by atoms with E-state index in [1.165, 1.54) is 0 Å². The Balaban J connectivity index is 2.64. The van der Waals surface area contributed by atoms with Crippen LogP contribution in [0.3, 0.4) is 0 Å². The summed E-state index contributed by atoms with van der Waals surface area (Å²) >= 11 is 6.03. The fourth-order valence-corrected chi connectivity index (χ4v) is 2.55. The lowest BCUT2D eigenvalue weighted by atomic mass is 9.81. The van der Waals surface area contributed by atoms with Crippen LogP contribution in [0.25, 0.3) is 10.9 Å². The number of carboxylic acids is 1. The highest BCUT2D eigenvalue weighted by atomic mass is 35.5. The van der Waals surface area contributed by atoms with E-state index in [-0.39, 0.29) is 6.42 Å². The van der Waals surface area contributed by atoms with Crippen molar-refractivity contribution in [2.24, 2.45) is 7.05 Å². The maximum absolute atomic E-state index is 11.0. The molecule has 2 rings (SSSR count). The summed E-state index contributed by atoms with van der Waals surface area (Å²) in [4.78, 5) is 11.0. The normalized spacial score (nSPS) is 12.0. The Hall–Kier alpha value is -1.48. The van der Waals surface area contributed by atoms with Crippen LogP contribution in [0.15, 0.2) is 24.4 Å². The van der Waals surface area contributed by atoms with Crippen molar-refractivity contribution in [2.75, 3.05) is 0 Å². The smallest absolute Gasteiger partial charge is 0.304 e. The van der Waals surface area contributed by atoms with Crippen LogP contribution >= 0.6 is 11.6 Å². The third-order valence-corrected chi connectivity index (χ3v) is 3.51. The van der Waals surface area contributed by atoms with Crippen molar-refractivity contribution >= 4 is 28.5 Å². The standard InChI is InChI=1S/C14H16ClNO2/c1-14(2,7-13(17)18)11-8-16(3)12-5-4-9(15)6-10(11)12/h4-6,8H,7H2,1-3H3,(H,17,18). The van der Waals surface area contributed by atoms with Gasteiger partial charge in [0, 0.05) is 34.6 Å². The van der Waals surface area contributed by atoms with E-state index in [0.29, 0.717) is 5.02 Å². The molecular weight excluding hydrogens is 250 g/mol. The van der Waals surface area contributed by atoms with Crippen LogP contribution < -0.4 is 0 Å². The quantitative estimate of drug-likeness (QED) is 0.922. The molecule has 0 saturated heterocycles. The largest absolute Gasteiger partial charge is 0.481 e. The minimum atomic E-state index is -0.793. The third kappa shape index (κ3) is 2.23. The Morgan fingerprint density at radius 1 is 1.44 bits per heavy atom. The molecule has 0 unspecified atom stereocenters. The predicted molar refractivity (Wildman–Crippen MR) is 73.2 cm³/mol. The molecule has 0 radical (unpaired) electrons. The molecule has 1 aromatic carbocycles. The number of carbonyl (C=O) groups is 1. The van der Waals surface area contributed by atoms with Gasteiger partial charge in [0.05, 0.1) is 6.42 Å². The molecule has 18 heavy (non-hydrogen) atoms. The predicted octanol–water partition coefficient (Wildman–Crippen LogP) is 3.58. The molecule has 0 aliphatic heterocycles. The molecule has 0 spiro atoms. The first-order valence-corrected chi connectivity index (χ1v) is 6.16. The third-order valence-electron chi connectivity index (χ3n) is 3.27. The van der Waals surface area contributed by atoms with Gasteiger partial charge in [-0.05, 0) is 23.8 Å². The molecule has 1 heterocycles. The van der Waals surface area contributed by atoms with Crippen LogP contribution in [-0.2, 0) is 17.3 Å². The van der Waals surface area contributed by atoms with Crippen LogP contribution in [0.5, 0.6) is 0 Å². The highest BCUT2D eigenvalue weighted by Gasteiger charge is 2.27. The van der Waals surface area contributed by atoms with Crippen molar-refractivity contribution in [3.8, 4) is 0 Å². The van der Waals surface area contributed by atoms with E-state index in [1.54, 1.807) is 0 Å². The maximum atomic E-state index is 11.0. The first kappa shape index (κ1) is 13.0. The average molecular weight is 266 g/mol. The number of aryl methyl sites for hydroxylation is 1. The molecule has 0 aliphatic carbocycles. The summed E-state index contributed by atoms with van der Waals surface area (Å²) in [7, 11) is 1.95. The minimum absolute atomic E-state index is 0.0959. The molecule has 1 aromatic heterocycles. The van der Waals surface area contributed by atoms with Crippen LogP contribution in [0.2, 0.25) is 5.02 Å². The van der Waals surface area contributed by atoms with Gasteiger partial charge in [-0.15, -0.1) is 0 Å². The molecule has 2 aromatic rings. The van der Waals surface area contributed by atoms with Gasteiger partial charge in [0.15, 0.2) is 0 Å². The van der Waals surface area contributed by atoms with Gasteiger partial charge in [-0.2, -0.15) is 0 Å². The Labute approximate surface area is 111 Å². The van der Waals surface area contributed by atoms with Crippen molar-refractivity contribution in [3.05, 3.63) is 35.0 Å². The fraction of sp³-hybridized carbons (Fsp3) is 0.357. The second kappa shape index (κ2) is 4.32. The lowest BCUT2D eigenvalue weighted by molar-refractivity contribution is -0.138. The maximum Gasteiger partial charge on any atom is 0.304 e. The second-order valence-electron chi connectivity index (χ2n) is 5.27. The summed E-state index contributed by atoms with van der Waals surface area (Å²) in [6, 6.07) is 5.70. The van der Waals surface area contributed by atoms with Crippen LogP contribution in [-0.4, -0.2) is 15.6 Å². The molecule has 0 aliphatic rings. The molecule has 0 amide bonds. The van der Waals surface area contributed by atoms with Gasteiger partial charge in [0.25, 0.3) is 0 Å². The average Bonchev–Trinajstić information content (AvgIpc) is 2.54. The van der Waals surface area contributed by atoms with Crippen molar-refractivity contribution < 1.29 is 9.90 Å². The van der Waals surface area contributed by atoms with E-state index in [0.717, 1.165) is 16.5 Å². The number of aromatic nitrogens is 1. The highest BCUT2D eigenvalue weighted by Crippen LogP contribution is 2.35. The number of aliphatic carboxylic acids is 1. The summed E-state index contributed by atoms with van der Waals surface area (Å²) in [5, 5.41) is 10.7. The van der Waals surface area contributed by atoms with E-state index in [1.807, 2.05) is 49.9 Å². The number of nitrogens with zero attached hydrogens (tertiary/aromatic N) is 1. The molecular formula is C14H16ClNO2. The van der Waals surface area contributed by atoms with Crippen molar-refractivity contribution in [3.63, 3.8) is 0 Å². The minimum Gasteiger partial charge on any atom is -0.481 e. The highest BCUT2D eigenvalue weighted by molar-refractivity contribution is 6.31. The van der Waals surface area contributed by atoms with Gasteiger partial charge < -0.3 is 9.67 Å². The summed E-state index contributed by atoms with van der Waals surface area (Å²) in [5.41, 5.74) is 1.66. The lowest BCUT2D eigenvalue weighted by Crippen LogP contribution is -2.21. The summed E-state index contributed by atoms with van der Waals surface area (Å²) in [6.45, 7) is 3.88. The molecule has 0 bridgehead atoms. The topological polar surface area (TPSA) is 42.2 Å².